The maximum Gasteiger partial charge on any atom is 0.239 e. The van der Waals surface area contributed by atoms with Gasteiger partial charge < -0.3 is 15.4 Å². The summed E-state index contributed by atoms with van der Waals surface area (Å²) >= 11 is 6.00. The van der Waals surface area contributed by atoms with E-state index in [9.17, 15) is 9.59 Å². The number of hydrogen-bond acceptors (Lipinski definition) is 3. The maximum absolute atomic E-state index is 11.7. The molecule has 22 heavy (non-hydrogen) atoms. The molecule has 1 atom stereocenters. The van der Waals surface area contributed by atoms with E-state index in [2.05, 4.69) is 10.6 Å². The van der Waals surface area contributed by atoms with E-state index < -0.39 is 5.41 Å². The lowest BCUT2D eigenvalue weighted by Crippen LogP contribution is -2.43. The zero-order valence-electron chi connectivity index (χ0n) is 13.4. The van der Waals surface area contributed by atoms with Crippen molar-refractivity contribution in [2.45, 2.75) is 33.8 Å². The molecule has 2 N–H and O–H groups in total. The molecule has 0 heterocycles. The topological polar surface area (TPSA) is 67.4 Å². The molecular weight excluding hydrogens is 304 g/mol. The summed E-state index contributed by atoms with van der Waals surface area (Å²) < 4.78 is 5.64. The summed E-state index contributed by atoms with van der Waals surface area (Å²) in [5.41, 5.74) is -0.513. The highest BCUT2D eigenvalue weighted by molar-refractivity contribution is 6.32. The summed E-state index contributed by atoms with van der Waals surface area (Å²) in [6.45, 7) is 7.49. The van der Waals surface area contributed by atoms with Crippen molar-refractivity contribution in [2.24, 2.45) is 5.41 Å². The molecule has 0 saturated carbocycles. The zero-order valence-corrected chi connectivity index (χ0v) is 14.2. The SMILES string of the molecule is C[C@H](CNC(=O)CNC(=O)C(C)(C)C)Oc1ccccc1Cl. The first-order valence-electron chi connectivity index (χ1n) is 7.16. The minimum atomic E-state index is -0.513. The number of carbonyl (C=O) groups is 2. The van der Waals surface area contributed by atoms with Crippen LogP contribution < -0.4 is 15.4 Å². The van der Waals surface area contributed by atoms with Gasteiger partial charge in [0.25, 0.3) is 0 Å². The molecule has 0 aliphatic heterocycles. The number of rotatable bonds is 6. The zero-order chi connectivity index (χ0) is 16.8. The Kier molecular flexibility index (Phi) is 6.68. The van der Waals surface area contributed by atoms with Crippen molar-refractivity contribution in [1.29, 1.82) is 0 Å². The molecule has 0 aliphatic rings. The minimum absolute atomic E-state index is 0.0467. The van der Waals surface area contributed by atoms with Crippen LogP contribution in [0.25, 0.3) is 0 Å². The van der Waals surface area contributed by atoms with Gasteiger partial charge in [0.1, 0.15) is 11.9 Å². The summed E-state index contributed by atoms with van der Waals surface area (Å²) in [6, 6.07) is 7.16. The monoisotopic (exact) mass is 326 g/mol. The predicted octanol–water partition coefficient (Wildman–Crippen LogP) is 2.39. The average molecular weight is 327 g/mol. The van der Waals surface area contributed by atoms with Crippen molar-refractivity contribution in [1.82, 2.24) is 10.6 Å². The number of ether oxygens (including phenoxy) is 1. The van der Waals surface area contributed by atoms with Gasteiger partial charge in [-0.25, -0.2) is 0 Å². The normalized spacial score (nSPS) is 12.4. The third-order valence-corrected chi connectivity index (χ3v) is 3.15. The first-order chi connectivity index (χ1) is 10.2. The van der Waals surface area contributed by atoms with Crippen LogP contribution in [0.4, 0.5) is 0 Å². The Morgan fingerprint density at radius 3 is 2.45 bits per heavy atom. The van der Waals surface area contributed by atoms with Crippen LogP contribution in [0.5, 0.6) is 5.75 Å². The molecule has 1 aromatic rings. The molecule has 2 amide bonds. The van der Waals surface area contributed by atoms with E-state index in [0.29, 0.717) is 17.3 Å². The van der Waals surface area contributed by atoms with Crippen LogP contribution in [0.1, 0.15) is 27.7 Å². The number of benzene rings is 1. The summed E-state index contributed by atoms with van der Waals surface area (Å²) in [6.07, 6.45) is -0.234. The van der Waals surface area contributed by atoms with Crippen LogP contribution >= 0.6 is 11.6 Å². The number of para-hydroxylation sites is 1. The van der Waals surface area contributed by atoms with Crippen molar-refractivity contribution in [3.63, 3.8) is 0 Å². The molecule has 5 nitrogen and oxygen atoms in total. The fourth-order valence-corrected chi connectivity index (χ4v) is 1.72. The van der Waals surface area contributed by atoms with E-state index in [1.807, 2.05) is 19.1 Å². The molecule has 6 heteroatoms. The summed E-state index contributed by atoms with van der Waals surface area (Å²) in [5.74, 6) is 0.155. The molecule has 0 radical (unpaired) electrons. The molecule has 0 spiro atoms. The molecule has 0 bridgehead atoms. The van der Waals surface area contributed by atoms with Gasteiger partial charge in [0.15, 0.2) is 0 Å². The number of amides is 2. The lowest BCUT2D eigenvalue weighted by molar-refractivity contribution is -0.131. The van der Waals surface area contributed by atoms with E-state index in [1.54, 1.807) is 32.9 Å². The van der Waals surface area contributed by atoms with Crippen molar-refractivity contribution in [2.75, 3.05) is 13.1 Å². The number of halogens is 1. The smallest absolute Gasteiger partial charge is 0.239 e. The number of hydrogen-bond donors (Lipinski definition) is 2. The molecule has 0 aliphatic carbocycles. The largest absolute Gasteiger partial charge is 0.487 e. The van der Waals surface area contributed by atoms with Gasteiger partial charge >= 0.3 is 0 Å². The Hall–Kier alpha value is -1.75. The molecule has 0 unspecified atom stereocenters. The molecular formula is C16H23ClN2O3. The second kappa shape index (κ2) is 8.03. The van der Waals surface area contributed by atoms with Gasteiger partial charge in [0.05, 0.1) is 18.1 Å². The Balaban J connectivity index is 2.32. The van der Waals surface area contributed by atoms with E-state index in [1.165, 1.54) is 0 Å². The van der Waals surface area contributed by atoms with Crippen LogP contribution in [0.3, 0.4) is 0 Å². The third-order valence-electron chi connectivity index (χ3n) is 2.84. The van der Waals surface area contributed by atoms with E-state index in [-0.39, 0.29) is 24.5 Å². The molecule has 0 fully saturated rings. The first kappa shape index (κ1) is 18.3. The van der Waals surface area contributed by atoms with Crippen molar-refractivity contribution < 1.29 is 14.3 Å². The summed E-state index contributed by atoms with van der Waals surface area (Å²) in [7, 11) is 0. The van der Waals surface area contributed by atoms with Gasteiger partial charge in [0, 0.05) is 5.41 Å². The lowest BCUT2D eigenvalue weighted by atomic mass is 9.96. The van der Waals surface area contributed by atoms with Gasteiger partial charge in [-0.1, -0.05) is 44.5 Å². The molecule has 122 valence electrons. The van der Waals surface area contributed by atoms with Crippen molar-refractivity contribution >= 4 is 23.4 Å². The van der Waals surface area contributed by atoms with Crippen molar-refractivity contribution in [3.8, 4) is 5.75 Å². The molecule has 1 aromatic carbocycles. The van der Waals surface area contributed by atoms with Crippen LogP contribution in [0, 0.1) is 5.41 Å². The highest BCUT2D eigenvalue weighted by Crippen LogP contribution is 2.23. The predicted molar refractivity (Wildman–Crippen MR) is 87.0 cm³/mol. The standard InChI is InChI=1S/C16H23ClN2O3/c1-11(22-13-8-6-5-7-12(13)17)9-18-14(20)10-19-15(21)16(2,3)4/h5-8,11H,9-10H2,1-4H3,(H,18,20)(H,19,21)/t11-/m1/s1. The van der Waals surface area contributed by atoms with E-state index in [0.717, 1.165) is 0 Å². The minimum Gasteiger partial charge on any atom is -0.487 e. The van der Waals surface area contributed by atoms with Gasteiger partial charge in [-0.2, -0.15) is 0 Å². The summed E-state index contributed by atoms with van der Waals surface area (Å²) in [5, 5.41) is 5.83. The Morgan fingerprint density at radius 2 is 1.86 bits per heavy atom. The Bertz CT molecular complexity index is 526. The van der Waals surface area contributed by atoms with Gasteiger partial charge in [-0.05, 0) is 19.1 Å². The fourth-order valence-electron chi connectivity index (χ4n) is 1.54. The average Bonchev–Trinajstić information content (AvgIpc) is 2.44. The lowest BCUT2D eigenvalue weighted by Gasteiger charge is -2.18. The third kappa shape index (κ3) is 6.35. The molecule has 0 aromatic heterocycles. The van der Waals surface area contributed by atoms with Crippen molar-refractivity contribution in [3.05, 3.63) is 29.3 Å². The van der Waals surface area contributed by atoms with Gasteiger partial charge in [0.2, 0.25) is 11.8 Å². The Morgan fingerprint density at radius 1 is 1.23 bits per heavy atom. The molecule has 0 saturated heterocycles. The second-order valence-electron chi connectivity index (χ2n) is 6.10. The first-order valence-corrected chi connectivity index (χ1v) is 7.54. The highest BCUT2D eigenvalue weighted by atomic mass is 35.5. The second-order valence-corrected chi connectivity index (χ2v) is 6.50. The summed E-state index contributed by atoms with van der Waals surface area (Å²) in [4.78, 5) is 23.3. The highest BCUT2D eigenvalue weighted by Gasteiger charge is 2.21. The maximum atomic E-state index is 11.7. The van der Waals surface area contributed by atoms with Gasteiger partial charge in [-0.3, -0.25) is 9.59 Å². The van der Waals surface area contributed by atoms with Crippen LogP contribution in [-0.2, 0) is 9.59 Å². The van der Waals surface area contributed by atoms with Crippen LogP contribution in [0.2, 0.25) is 5.02 Å². The van der Waals surface area contributed by atoms with Crippen LogP contribution in [0.15, 0.2) is 24.3 Å². The van der Waals surface area contributed by atoms with E-state index >= 15 is 0 Å². The van der Waals surface area contributed by atoms with E-state index in [4.69, 9.17) is 16.3 Å². The quantitative estimate of drug-likeness (QED) is 0.843. The number of carbonyl (C=O) groups excluding carboxylic acids is 2. The number of nitrogens with one attached hydrogen (secondary N) is 2. The van der Waals surface area contributed by atoms with Gasteiger partial charge in [-0.15, -0.1) is 0 Å². The fraction of sp³-hybridized carbons (Fsp3) is 0.500. The Labute approximate surface area is 136 Å². The van der Waals surface area contributed by atoms with Crippen LogP contribution in [-0.4, -0.2) is 31.0 Å². The molecule has 1 rings (SSSR count).